The maximum atomic E-state index is 12.1. The Bertz CT molecular complexity index is 1210. The summed E-state index contributed by atoms with van der Waals surface area (Å²) in [6, 6.07) is 14.3. The topological polar surface area (TPSA) is 127 Å². The maximum absolute atomic E-state index is 12.1. The number of nitrogens with zero attached hydrogens (tertiary/aromatic N) is 3. The van der Waals surface area contributed by atoms with Crippen LogP contribution in [-0.4, -0.2) is 30.6 Å². The van der Waals surface area contributed by atoms with E-state index in [4.69, 9.17) is 5.73 Å². The second-order valence-corrected chi connectivity index (χ2v) is 6.04. The van der Waals surface area contributed by atoms with Crippen LogP contribution in [0.5, 0.6) is 0 Å². The number of carboxylic acid groups (broad SMARTS) is 1. The van der Waals surface area contributed by atoms with Gasteiger partial charge in [0.15, 0.2) is 11.2 Å². The number of nitrogen functional groups attached to an aromatic ring is 1. The molecule has 4 N–H and O–H groups in total. The summed E-state index contributed by atoms with van der Waals surface area (Å²) in [6.07, 6.45) is 1.54. The smallest absolute Gasteiger partial charge is 0.336 e. The first-order valence-corrected chi connectivity index (χ1v) is 8.15. The largest absolute Gasteiger partial charge is 0.478 e. The fourth-order valence-electron chi connectivity index (χ4n) is 3.03. The molecule has 142 valence electrons. The van der Waals surface area contributed by atoms with E-state index in [0.717, 1.165) is 11.1 Å². The highest BCUT2D eigenvalue weighted by Gasteiger charge is 2.12. The first-order chi connectivity index (χ1) is 13.0. The van der Waals surface area contributed by atoms with E-state index in [2.05, 4.69) is 15.0 Å². The Kier molecular flexibility index (Phi) is 5.14. The minimum Gasteiger partial charge on any atom is -0.478 e. The van der Waals surface area contributed by atoms with Crippen molar-refractivity contribution in [1.29, 1.82) is 0 Å². The van der Waals surface area contributed by atoms with E-state index in [-0.39, 0.29) is 29.5 Å². The third kappa shape index (κ3) is 3.45. The van der Waals surface area contributed by atoms with Crippen molar-refractivity contribution in [3.05, 3.63) is 76.3 Å². The highest BCUT2D eigenvalue weighted by molar-refractivity contribution is 5.96. The average Bonchev–Trinajstić information content (AvgIpc) is 3.05. The number of hydrogen-bond acceptors (Lipinski definition) is 5. The molecule has 0 atom stereocenters. The molecule has 0 radical (unpaired) electrons. The van der Waals surface area contributed by atoms with Gasteiger partial charge in [0.1, 0.15) is 0 Å². The summed E-state index contributed by atoms with van der Waals surface area (Å²) in [5.41, 5.74) is 8.48. The lowest BCUT2D eigenvalue weighted by Crippen LogP contribution is -2.14. The third-order valence-corrected chi connectivity index (χ3v) is 4.28. The van der Waals surface area contributed by atoms with Crippen molar-refractivity contribution in [2.75, 3.05) is 5.73 Å². The molecule has 4 aromatic rings. The van der Waals surface area contributed by atoms with E-state index < -0.39 is 5.97 Å². The zero-order valence-electron chi connectivity index (χ0n) is 14.5. The van der Waals surface area contributed by atoms with Crippen molar-refractivity contribution in [2.45, 2.75) is 6.54 Å². The quantitative estimate of drug-likeness (QED) is 0.485. The molecule has 28 heavy (non-hydrogen) atoms. The number of hydrogen-bond donors (Lipinski definition) is 3. The SMILES string of the molecule is Cl.Nc1nc2ncn(Cc3ccc(-c4ccccc4C(=O)O)cc3)c2c(=O)[nH]1. The molecule has 2 aromatic carbocycles. The zero-order chi connectivity index (χ0) is 19.0. The lowest BCUT2D eigenvalue weighted by Gasteiger charge is -2.08. The second-order valence-electron chi connectivity index (χ2n) is 6.04. The van der Waals surface area contributed by atoms with Gasteiger partial charge < -0.3 is 15.4 Å². The van der Waals surface area contributed by atoms with E-state index in [1.165, 1.54) is 0 Å². The van der Waals surface area contributed by atoms with Gasteiger partial charge >= 0.3 is 5.97 Å². The van der Waals surface area contributed by atoms with Crippen LogP contribution in [-0.2, 0) is 6.54 Å². The highest BCUT2D eigenvalue weighted by atomic mass is 35.5. The van der Waals surface area contributed by atoms with Gasteiger partial charge in [-0.1, -0.05) is 42.5 Å². The molecular formula is C19H16ClN5O3. The second kappa shape index (κ2) is 7.53. The fraction of sp³-hybridized carbons (Fsp3) is 0.0526. The third-order valence-electron chi connectivity index (χ3n) is 4.28. The summed E-state index contributed by atoms with van der Waals surface area (Å²) in [6.45, 7) is 0.423. The number of imidazole rings is 1. The van der Waals surface area contributed by atoms with Crippen molar-refractivity contribution in [3.8, 4) is 11.1 Å². The van der Waals surface area contributed by atoms with Crippen molar-refractivity contribution in [2.24, 2.45) is 0 Å². The van der Waals surface area contributed by atoms with Crippen LogP contribution in [0.1, 0.15) is 15.9 Å². The number of benzene rings is 2. The van der Waals surface area contributed by atoms with Gasteiger partial charge in [-0.25, -0.2) is 9.78 Å². The highest BCUT2D eigenvalue weighted by Crippen LogP contribution is 2.24. The summed E-state index contributed by atoms with van der Waals surface area (Å²) < 4.78 is 1.70. The number of carboxylic acids is 1. The number of rotatable bonds is 4. The Balaban J connectivity index is 0.00000225. The Morgan fingerprint density at radius 2 is 1.86 bits per heavy atom. The van der Waals surface area contributed by atoms with Gasteiger partial charge in [-0.3, -0.25) is 9.78 Å². The Morgan fingerprint density at radius 1 is 1.14 bits per heavy atom. The Hall–Kier alpha value is -3.65. The molecule has 0 fully saturated rings. The molecular weight excluding hydrogens is 382 g/mol. The molecule has 0 saturated heterocycles. The van der Waals surface area contributed by atoms with Gasteiger partial charge in [-0.15, -0.1) is 12.4 Å². The number of carbonyl (C=O) groups is 1. The average molecular weight is 398 g/mol. The van der Waals surface area contributed by atoms with E-state index in [0.29, 0.717) is 23.3 Å². The molecule has 0 saturated carbocycles. The predicted molar refractivity (Wildman–Crippen MR) is 108 cm³/mol. The molecule has 9 heteroatoms. The number of anilines is 1. The van der Waals surface area contributed by atoms with Crippen molar-refractivity contribution < 1.29 is 9.90 Å². The number of aromatic nitrogens is 4. The number of fused-ring (bicyclic) bond motifs is 1. The molecule has 0 spiro atoms. The van der Waals surface area contributed by atoms with Crippen LogP contribution < -0.4 is 11.3 Å². The molecule has 0 bridgehead atoms. The van der Waals surface area contributed by atoms with Gasteiger partial charge in [-0.2, -0.15) is 4.98 Å². The van der Waals surface area contributed by atoms with E-state index in [1.807, 2.05) is 24.3 Å². The zero-order valence-corrected chi connectivity index (χ0v) is 15.3. The van der Waals surface area contributed by atoms with Crippen molar-refractivity contribution in [3.63, 3.8) is 0 Å². The van der Waals surface area contributed by atoms with Crippen molar-refractivity contribution >= 4 is 35.5 Å². The van der Waals surface area contributed by atoms with Crippen LogP contribution in [0.3, 0.4) is 0 Å². The molecule has 8 nitrogen and oxygen atoms in total. The van der Waals surface area contributed by atoms with E-state index >= 15 is 0 Å². The minimum absolute atomic E-state index is 0. The first kappa shape index (κ1) is 19.1. The van der Waals surface area contributed by atoms with Crippen LogP contribution in [0.25, 0.3) is 22.3 Å². The molecule has 0 aliphatic carbocycles. The fourth-order valence-corrected chi connectivity index (χ4v) is 3.03. The molecule has 0 unspecified atom stereocenters. The number of H-pyrrole nitrogens is 1. The number of halogens is 1. The van der Waals surface area contributed by atoms with E-state index in [9.17, 15) is 14.7 Å². The van der Waals surface area contributed by atoms with Crippen LogP contribution in [0.2, 0.25) is 0 Å². The lowest BCUT2D eigenvalue weighted by molar-refractivity contribution is 0.0697. The monoisotopic (exact) mass is 397 g/mol. The van der Waals surface area contributed by atoms with Crippen LogP contribution >= 0.6 is 12.4 Å². The van der Waals surface area contributed by atoms with Gasteiger partial charge in [0.2, 0.25) is 5.95 Å². The van der Waals surface area contributed by atoms with Gasteiger partial charge in [0.05, 0.1) is 11.9 Å². The van der Waals surface area contributed by atoms with Crippen LogP contribution in [0.15, 0.2) is 59.7 Å². The Labute approximate surface area is 165 Å². The van der Waals surface area contributed by atoms with Gasteiger partial charge in [-0.05, 0) is 22.8 Å². The molecule has 2 heterocycles. The first-order valence-electron chi connectivity index (χ1n) is 8.15. The molecule has 2 aromatic heterocycles. The predicted octanol–water partition coefficient (Wildman–Crippen LogP) is 2.54. The van der Waals surface area contributed by atoms with Gasteiger partial charge in [0, 0.05) is 6.54 Å². The summed E-state index contributed by atoms with van der Waals surface area (Å²) in [5, 5.41) is 9.34. The standard InChI is InChI=1S/C19H15N5O3.ClH/c20-19-22-16-15(17(25)23-19)24(10-21-16)9-11-5-7-12(8-6-11)13-3-1-2-4-14(13)18(26)27;/h1-8,10H,9H2,(H,26,27)(H3,20,22,23,25);1H. The molecule has 4 rings (SSSR count). The number of aromatic amines is 1. The Morgan fingerprint density at radius 3 is 2.57 bits per heavy atom. The van der Waals surface area contributed by atoms with E-state index in [1.54, 1.807) is 35.2 Å². The van der Waals surface area contributed by atoms with Gasteiger partial charge in [0.25, 0.3) is 5.56 Å². The van der Waals surface area contributed by atoms with Crippen LogP contribution in [0.4, 0.5) is 5.95 Å². The summed E-state index contributed by atoms with van der Waals surface area (Å²) in [5.74, 6) is -0.940. The number of nitrogens with two attached hydrogens (primary N) is 1. The normalized spacial score (nSPS) is 10.6. The molecule has 0 aliphatic heterocycles. The maximum Gasteiger partial charge on any atom is 0.336 e. The van der Waals surface area contributed by atoms with Crippen molar-refractivity contribution in [1.82, 2.24) is 19.5 Å². The number of aromatic carboxylic acids is 1. The van der Waals surface area contributed by atoms with Crippen LogP contribution in [0, 0.1) is 0 Å². The summed E-state index contributed by atoms with van der Waals surface area (Å²) >= 11 is 0. The minimum atomic E-state index is -0.967. The molecule has 0 amide bonds. The summed E-state index contributed by atoms with van der Waals surface area (Å²) in [4.78, 5) is 34.1. The lowest BCUT2D eigenvalue weighted by atomic mass is 9.99. The number of nitrogens with one attached hydrogen (secondary N) is 1. The summed E-state index contributed by atoms with van der Waals surface area (Å²) in [7, 11) is 0. The molecule has 0 aliphatic rings.